The summed E-state index contributed by atoms with van der Waals surface area (Å²) in [5, 5.41) is 49.2. The van der Waals surface area contributed by atoms with Crippen LogP contribution in [0.2, 0.25) is 78.6 Å². The number of allylic oxidation sites excluding steroid dienone is 8. The Bertz CT molecular complexity index is 7580. The van der Waals surface area contributed by atoms with Crippen molar-refractivity contribution in [3.8, 4) is 61.8 Å². The van der Waals surface area contributed by atoms with Gasteiger partial charge in [0.15, 0.2) is 23.1 Å². The second-order valence-electron chi connectivity index (χ2n) is 40.0. The van der Waals surface area contributed by atoms with Crippen molar-refractivity contribution in [3.05, 3.63) is 344 Å². The van der Waals surface area contributed by atoms with Crippen LogP contribution in [0.25, 0.3) is 148 Å². The maximum Gasteiger partial charge on any atom is 0.155 e. The summed E-state index contributed by atoms with van der Waals surface area (Å²) in [6.45, 7) is 52.1. The maximum atomic E-state index is 10.0. The Morgan fingerprint density at radius 1 is 0.372 bits per heavy atom. The first-order valence-electron chi connectivity index (χ1n) is 47.8. The number of carbonyl (C=O) groups is 4. The molecule has 762 valence electrons. The van der Waals surface area contributed by atoms with E-state index in [1.54, 1.807) is 0 Å². The molecule has 0 aliphatic heterocycles. The van der Waals surface area contributed by atoms with Crippen molar-refractivity contribution in [1.29, 1.82) is 0 Å². The van der Waals surface area contributed by atoms with Crippen molar-refractivity contribution >= 4 is 173 Å². The van der Waals surface area contributed by atoms with Gasteiger partial charge >= 0.3 is 0 Å². The zero-order valence-electron chi connectivity index (χ0n) is 87.5. The van der Waals surface area contributed by atoms with E-state index in [0.29, 0.717) is 5.92 Å². The van der Waals surface area contributed by atoms with Gasteiger partial charge in [-0.25, -0.2) is 0 Å². The Kier molecular flexibility index (Phi) is 44.8. The molecule has 0 saturated carbocycles. The fourth-order valence-corrected chi connectivity index (χ4v) is 24.8. The van der Waals surface area contributed by atoms with Gasteiger partial charge in [-0.05, 0) is 211 Å². The molecule has 15 nitrogen and oxygen atoms in total. The minimum Gasteiger partial charge on any atom is -0.512 e. The summed E-state index contributed by atoms with van der Waals surface area (Å²) < 4.78 is 13.2. The number of nitrogens with zero attached hydrogens (tertiary/aromatic N) is 6. The molecule has 0 atom stereocenters. The molecule has 0 unspecified atom stereocenters. The number of furan rings is 1. The maximum absolute atomic E-state index is 10.0. The molecule has 8 aromatic heterocycles. The van der Waals surface area contributed by atoms with Gasteiger partial charge in [0, 0.05) is 163 Å². The fourth-order valence-electron chi connectivity index (χ4n) is 17.3. The van der Waals surface area contributed by atoms with E-state index < -0.39 is 32.3 Å². The number of ketones is 4. The molecule has 18 aromatic rings. The number of hydrogen-bond donors (Lipinski definition) is 4. The molecule has 145 heavy (non-hydrogen) atoms. The van der Waals surface area contributed by atoms with Gasteiger partial charge in [-0.1, -0.05) is 283 Å². The Hall–Kier alpha value is -11.3. The van der Waals surface area contributed by atoms with Crippen molar-refractivity contribution in [1.82, 2.24) is 29.1 Å². The zero-order valence-corrected chi connectivity index (χ0v) is 102. The second kappa shape index (κ2) is 53.9. The number of aliphatic hydroxyl groups is 4. The molecule has 8 heterocycles. The number of aromatic nitrogens is 6. The summed E-state index contributed by atoms with van der Waals surface area (Å²) in [6, 6.07) is 95.5. The van der Waals surface area contributed by atoms with Crippen LogP contribution in [0.4, 0.5) is 0 Å². The normalized spacial score (nSPS) is 11.7. The summed E-state index contributed by atoms with van der Waals surface area (Å²) in [6.07, 6.45) is 15.2. The number of benzene rings is 10. The van der Waals surface area contributed by atoms with Gasteiger partial charge in [-0.15, -0.1) is 95.1 Å². The zero-order chi connectivity index (χ0) is 103. The molecule has 4 radical (unpaired) electrons. The Morgan fingerprint density at radius 3 is 1.22 bits per heavy atom. The number of rotatable bonds is 18. The molecule has 0 amide bonds. The fraction of sp³-hybridized carbons (Fsp3) is 0.240. The Balaban J connectivity index is 0.000000239. The summed E-state index contributed by atoms with van der Waals surface area (Å²) in [7, 11) is -5.72. The molecule has 10 aromatic carbocycles. The van der Waals surface area contributed by atoms with E-state index in [-0.39, 0.29) is 127 Å². The minimum atomic E-state index is -1.54. The first-order valence-corrected chi connectivity index (χ1v) is 62.7. The molecular formula is C121H132Ir4N6O9SSi4-4. The number of carbonyl (C=O) groups excluding carboxylic acids is 4. The minimum absolute atomic E-state index is 0. The number of hydrogen-bond acceptors (Lipinski definition) is 14. The SMILES string of the molecule is CC(=O)C=C(C)O.CC(=O)C=C(C)O.CC(=O)C=C(C)O.CC(=O)C=C(C)O.CC(C)Cc1cc(-c2[c-]cc3c(c2)c2ccccc2n3-c2ccccc2)ncc1[Si](C)(C)C.CCc1cc(-c2[c-]cc3sc4ccccc4c3c2)ncc1[Si](C)(C)C.CCn1c2c[c-]c(-c3cc(-c4ccccc4)c([Si](C)(C)C)cn3)cc2c2ccccc21.Cc1cc(-c2[c-]cc3oc4ccccc4c3c2)ncc1[Si](C)(C)C.[Ir].[Ir].[Ir].[Ir]. The van der Waals surface area contributed by atoms with Gasteiger partial charge < -0.3 is 53.9 Å². The van der Waals surface area contributed by atoms with Crippen LogP contribution in [0.1, 0.15) is 99.8 Å². The van der Waals surface area contributed by atoms with Crippen LogP contribution in [0.3, 0.4) is 0 Å². The number of pyridine rings is 4. The third-order valence-corrected chi connectivity index (χ3v) is 32.8. The topological polar surface area (TPSA) is 224 Å². The van der Waals surface area contributed by atoms with Crippen LogP contribution in [-0.2, 0) is 119 Å². The van der Waals surface area contributed by atoms with Crippen molar-refractivity contribution in [3.63, 3.8) is 0 Å². The average molecular weight is 2730 g/mol. The van der Waals surface area contributed by atoms with E-state index in [4.69, 9.17) is 44.8 Å². The van der Waals surface area contributed by atoms with Crippen molar-refractivity contribution < 1.29 is 124 Å². The van der Waals surface area contributed by atoms with Crippen LogP contribution in [-0.4, -0.2) is 105 Å². The average Bonchev–Trinajstić information content (AvgIpc) is 1.59. The molecule has 0 fully saturated rings. The molecule has 4 N–H and O–H groups in total. The number of para-hydroxylation sites is 4. The van der Waals surface area contributed by atoms with Crippen LogP contribution in [0.5, 0.6) is 0 Å². The van der Waals surface area contributed by atoms with Gasteiger partial charge in [-0.2, -0.15) is 11.3 Å². The Morgan fingerprint density at radius 2 is 0.752 bits per heavy atom. The van der Waals surface area contributed by atoms with Crippen molar-refractivity contribution in [2.75, 3.05) is 0 Å². The predicted octanol–water partition coefficient (Wildman–Crippen LogP) is 29.7. The Labute approximate surface area is 917 Å². The predicted molar refractivity (Wildman–Crippen MR) is 605 cm³/mol. The molecule has 0 aliphatic carbocycles. The molecule has 18 rings (SSSR count). The van der Waals surface area contributed by atoms with Gasteiger partial charge in [0.1, 0.15) is 5.58 Å². The number of aryl methyl sites for hydroxylation is 3. The van der Waals surface area contributed by atoms with Gasteiger partial charge in [-0.3, -0.25) is 19.2 Å². The third kappa shape index (κ3) is 32.4. The van der Waals surface area contributed by atoms with E-state index in [2.05, 4.69) is 378 Å². The number of thiophene rings is 1. The second-order valence-corrected chi connectivity index (χ2v) is 61.3. The van der Waals surface area contributed by atoms with E-state index in [1.165, 1.54) is 198 Å². The van der Waals surface area contributed by atoms with Crippen molar-refractivity contribution in [2.24, 2.45) is 5.92 Å². The van der Waals surface area contributed by atoms with Crippen LogP contribution < -0.4 is 20.7 Å². The van der Waals surface area contributed by atoms with E-state index in [0.717, 1.165) is 86.4 Å². The first-order chi connectivity index (χ1) is 66.7. The molecule has 24 heteroatoms. The summed E-state index contributed by atoms with van der Waals surface area (Å²) in [5.74, 6) is 0.366. The van der Waals surface area contributed by atoms with Gasteiger partial charge in [0.25, 0.3) is 0 Å². The van der Waals surface area contributed by atoms with Crippen LogP contribution >= 0.6 is 11.3 Å². The van der Waals surface area contributed by atoms with E-state index in [1.807, 2.05) is 35.6 Å². The largest absolute Gasteiger partial charge is 0.512 e. The van der Waals surface area contributed by atoms with Crippen molar-refractivity contribution in [2.45, 2.75) is 188 Å². The molecule has 0 saturated heterocycles. The number of fused-ring (bicyclic) bond motifs is 12. The molecular weight excluding hydrogens is 2590 g/mol. The summed E-state index contributed by atoms with van der Waals surface area (Å²) >= 11 is 1.83. The van der Waals surface area contributed by atoms with E-state index >= 15 is 0 Å². The number of aliphatic hydroxyl groups excluding tert-OH is 4. The monoisotopic (exact) mass is 2730 g/mol. The van der Waals surface area contributed by atoms with Crippen LogP contribution in [0, 0.1) is 37.1 Å². The summed E-state index contributed by atoms with van der Waals surface area (Å²) in [4.78, 5) is 59.4. The first kappa shape index (κ1) is 121. The molecule has 0 bridgehead atoms. The van der Waals surface area contributed by atoms with Crippen LogP contribution in [0.15, 0.2) is 307 Å². The van der Waals surface area contributed by atoms with Gasteiger partial charge in [0.05, 0.1) is 60.9 Å². The molecule has 0 aliphatic rings. The van der Waals surface area contributed by atoms with E-state index in [9.17, 15) is 19.2 Å². The standard InChI is InChI=1S/C30H31N2Si.C28H27N2Si.C22H22NSSi.C21H20NOSi.4C5H8O2.4Ir/c1-21(2)17-23-19-27(31-20-30(23)33(3,4)5)22-15-16-29-26(18-22)25-13-9-10-14-28(25)32(29)24-11-7-6-8-12-24;1-5-30-26-14-10-9-13-22(26)24-17-21(15-16-27(24)30)25-18-23(20-11-7-6-8-12-20)28(19-29-25)31(2,3)4;1-5-15-13-19(23-14-22(15)25(2,3)4)16-10-11-21-18(12-16)17-8-6-7-9-20(17)24-21;1-14-11-18(22-13-21(14)24(2,3)4)15-9-10-20-17(12-15)16-7-5-6-8-19(16)23-20;4*1-4(6)3-5(2)7;;;;/h6-14,16,18-21H,17H2,1-5H3;6-14,16-19H,5H2,1-4H3;6-9,11-14H,5H2,1-4H3;5-8,10-13H,1-4H3;4*3,6H,1-2H3;;;;/q4*-1;;;;;;;;. The molecule has 0 spiro atoms. The third-order valence-electron chi connectivity index (χ3n) is 23.3. The quantitative estimate of drug-likeness (QED) is 0.0272. The smallest absolute Gasteiger partial charge is 0.155 e. The summed E-state index contributed by atoms with van der Waals surface area (Å²) in [5.41, 5.74) is 22.8. The van der Waals surface area contributed by atoms with Gasteiger partial charge in [0.2, 0.25) is 0 Å².